The molecule has 0 saturated heterocycles. The third-order valence-corrected chi connectivity index (χ3v) is 2.37. The molecule has 0 aliphatic carbocycles. The smallest absolute Gasteiger partial charge is 0.324 e. The largest absolute Gasteiger partial charge is 0.329 e. The second-order valence-electron chi connectivity index (χ2n) is 2.69. The molecule has 74 valence electrons. The maximum atomic E-state index is 10.7. The highest BCUT2D eigenvalue weighted by Gasteiger charge is 2.13. The van der Waals surface area contributed by atoms with Crippen LogP contribution < -0.4 is 0 Å². The van der Waals surface area contributed by atoms with Crippen molar-refractivity contribution >= 4 is 30.7 Å². The van der Waals surface area contributed by atoms with E-state index in [1.165, 1.54) is 0 Å². The summed E-state index contributed by atoms with van der Waals surface area (Å²) in [6, 6.07) is 6.46. The zero-order valence-electron chi connectivity index (χ0n) is 7.12. The predicted octanol–water partition coefficient (Wildman–Crippen LogP) is 2.10. The Morgan fingerprint density at radius 3 is 2.36 bits per heavy atom. The second-order valence-corrected chi connectivity index (χ2v) is 4.52. The lowest BCUT2D eigenvalue weighted by Crippen LogP contribution is -1.85. The average molecular weight is 229 g/mol. The van der Waals surface area contributed by atoms with E-state index in [1.807, 2.05) is 0 Å². The molecule has 2 N–H and O–H groups in total. The van der Waals surface area contributed by atoms with E-state index in [2.05, 4.69) is 22.4 Å². The third kappa shape index (κ3) is 3.92. The van der Waals surface area contributed by atoms with E-state index in [1.54, 1.807) is 24.3 Å². The first-order chi connectivity index (χ1) is 6.51. The molecule has 14 heavy (non-hydrogen) atoms. The molecular formula is C8H8NO3PS. The summed E-state index contributed by atoms with van der Waals surface area (Å²) < 4.78 is 10.7. The lowest BCUT2D eigenvalue weighted by atomic mass is 10.2. The Hall–Kier alpha value is -0.830. The molecule has 0 spiro atoms. The van der Waals surface area contributed by atoms with Gasteiger partial charge in [-0.15, -0.1) is 0 Å². The van der Waals surface area contributed by atoms with Crippen molar-refractivity contribution in [3.63, 3.8) is 0 Å². The Balaban J connectivity index is 2.84. The van der Waals surface area contributed by atoms with Gasteiger partial charge in [-0.3, -0.25) is 4.57 Å². The predicted molar refractivity (Wildman–Crippen MR) is 56.9 cm³/mol. The van der Waals surface area contributed by atoms with Gasteiger partial charge in [-0.1, -0.05) is 12.1 Å². The van der Waals surface area contributed by atoms with Gasteiger partial charge in [0, 0.05) is 0 Å². The van der Waals surface area contributed by atoms with Crippen LogP contribution in [0.4, 0.5) is 5.69 Å². The van der Waals surface area contributed by atoms with Crippen molar-refractivity contribution in [1.82, 2.24) is 0 Å². The van der Waals surface area contributed by atoms with Crippen LogP contribution in [0.25, 0.3) is 0 Å². The minimum absolute atomic E-state index is 0.255. The molecule has 6 heteroatoms. The minimum atomic E-state index is -3.98. The van der Waals surface area contributed by atoms with Gasteiger partial charge >= 0.3 is 7.60 Å². The second kappa shape index (κ2) is 4.60. The first kappa shape index (κ1) is 11.2. The van der Waals surface area contributed by atoms with Crippen LogP contribution in [0.1, 0.15) is 5.56 Å². The molecule has 0 saturated carbocycles. The fourth-order valence-corrected chi connectivity index (χ4v) is 1.76. The van der Waals surface area contributed by atoms with E-state index in [4.69, 9.17) is 9.79 Å². The zero-order valence-corrected chi connectivity index (χ0v) is 8.83. The fraction of sp³-hybridized carbons (Fsp3) is 0.125. The van der Waals surface area contributed by atoms with E-state index < -0.39 is 7.60 Å². The monoisotopic (exact) mass is 229 g/mol. The van der Waals surface area contributed by atoms with Crippen LogP contribution >= 0.6 is 19.8 Å². The number of aliphatic imine (C=N–C) groups is 1. The van der Waals surface area contributed by atoms with Gasteiger partial charge in [0.05, 0.1) is 17.0 Å². The van der Waals surface area contributed by atoms with Crippen LogP contribution in [0.15, 0.2) is 29.3 Å². The molecule has 1 rings (SSSR count). The maximum absolute atomic E-state index is 10.7. The van der Waals surface area contributed by atoms with Crippen LogP contribution in [0, 0.1) is 0 Å². The van der Waals surface area contributed by atoms with Gasteiger partial charge in [0.1, 0.15) is 0 Å². The normalized spacial score (nSPS) is 10.7. The number of rotatable bonds is 3. The van der Waals surface area contributed by atoms with Crippen molar-refractivity contribution in [2.24, 2.45) is 4.99 Å². The van der Waals surface area contributed by atoms with Gasteiger partial charge in [0.2, 0.25) is 0 Å². The number of benzene rings is 1. The van der Waals surface area contributed by atoms with E-state index in [-0.39, 0.29) is 6.16 Å². The van der Waals surface area contributed by atoms with Crippen molar-refractivity contribution in [1.29, 1.82) is 0 Å². The van der Waals surface area contributed by atoms with Crippen molar-refractivity contribution in [3.8, 4) is 0 Å². The number of isothiocyanates is 1. The maximum Gasteiger partial charge on any atom is 0.329 e. The number of thiocarbonyl (C=S) groups is 1. The third-order valence-electron chi connectivity index (χ3n) is 1.50. The molecule has 1 aromatic rings. The number of hydrogen-bond donors (Lipinski definition) is 2. The Morgan fingerprint density at radius 1 is 1.36 bits per heavy atom. The SMILES string of the molecule is O=P(O)(O)Cc1ccc(N=C=S)cc1. The van der Waals surface area contributed by atoms with Crippen molar-refractivity contribution in [2.45, 2.75) is 6.16 Å². The van der Waals surface area contributed by atoms with Crippen LogP contribution in [0.3, 0.4) is 0 Å². The summed E-state index contributed by atoms with van der Waals surface area (Å²) in [5.74, 6) is 0. The molecule has 0 fully saturated rings. The summed E-state index contributed by atoms with van der Waals surface area (Å²) in [5, 5.41) is 2.21. The molecule has 1 aromatic carbocycles. The van der Waals surface area contributed by atoms with Crippen molar-refractivity contribution in [2.75, 3.05) is 0 Å². The molecule has 0 aliphatic heterocycles. The highest BCUT2D eigenvalue weighted by Crippen LogP contribution is 2.39. The Bertz CT molecular complexity index is 405. The van der Waals surface area contributed by atoms with Gasteiger partial charge in [0.15, 0.2) is 0 Å². The minimum Gasteiger partial charge on any atom is -0.324 e. The molecule has 0 radical (unpaired) electrons. The standard InChI is InChI=1S/C8H8NO3PS/c10-13(11,12)5-7-1-3-8(4-2-7)9-6-14/h1-4H,5H2,(H2,10,11,12). The van der Waals surface area contributed by atoms with Crippen LogP contribution in [-0.2, 0) is 10.7 Å². The quantitative estimate of drug-likeness (QED) is 0.473. The molecule has 0 aliphatic rings. The van der Waals surface area contributed by atoms with Crippen molar-refractivity contribution < 1.29 is 14.4 Å². The van der Waals surface area contributed by atoms with E-state index in [0.717, 1.165) is 0 Å². The van der Waals surface area contributed by atoms with Gasteiger partial charge in [-0.2, -0.15) is 4.99 Å². The van der Waals surface area contributed by atoms with E-state index in [9.17, 15) is 4.57 Å². The Kier molecular flexibility index (Phi) is 3.69. The average Bonchev–Trinajstić information content (AvgIpc) is 2.06. The summed E-state index contributed by atoms with van der Waals surface area (Å²) in [6.45, 7) is 0. The first-order valence-corrected chi connectivity index (χ1v) is 5.93. The summed E-state index contributed by atoms with van der Waals surface area (Å²) in [7, 11) is -3.98. The van der Waals surface area contributed by atoms with Gasteiger partial charge < -0.3 is 9.79 Å². The van der Waals surface area contributed by atoms with Gasteiger partial charge in [0.25, 0.3) is 0 Å². The molecule has 0 bridgehead atoms. The topological polar surface area (TPSA) is 69.9 Å². The first-order valence-electron chi connectivity index (χ1n) is 3.73. The summed E-state index contributed by atoms with van der Waals surface area (Å²) >= 11 is 4.41. The van der Waals surface area contributed by atoms with E-state index >= 15 is 0 Å². The fourth-order valence-electron chi connectivity index (χ4n) is 0.966. The molecular weight excluding hydrogens is 221 g/mol. The molecule has 0 unspecified atom stereocenters. The highest BCUT2D eigenvalue weighted by molar-refractivity contribution is 7.78. The summed E-state index contributed by atoms with van der Waals surface area (Å²) in [6.07, 6.45) is -0.255. The molecule has 0 atom stereocenters. The number of nitrogens with zero attached hydrogens (tertiary/aromatic N) is 1. The Morgan fingerprint density at radius 2 is 1.93 bits per heavy atom. The molecule has 0 aromatic heterocycles. The summed E-state index contributed by atoms with van der Waals surface area (Å²) in [4.78, 5) is 21.1. The van der Waals surface area contributed by atoms with Crippen LogP contribution in [-0.4, -0.2) is 14.9 Å². The molecule has 0 amide bonds. The summed E-state index contributed by atoms with van der Waals surface area (Å²) in [5.41, 5.74) is 1.19. The van der Waals surface area contributed by atoms with Crippen LogP contribution in [0.5, 0.6) is 0 Å². The Labute approximate surface area is 86.5 Å². The van der Waals surface area contributed by atoms with Gasteiger partial charge in [-0.25, -0.2) is 0 Å². The van der Waals surface area contributed by atoms with Crippen LogP contribution in [0.2, 0.25) is 0 Å². The molecule has 0 heterocycles. The van der Waals surface area contributed by atoms with E-state index in [0.29, 0.717) is 11.3 Å². The lowest BCUT2D eigenvalue weighted by molar-refractivity contribution is 0.371. The molecule has 4 nitrogen and oxygen atoms in total. The van der Waals surface area contributed by atoms with Gasteiger partial charge in [-0.05, 0) is 29.9 Å². The van der Waals surface area contributed by atoms with Crippen molar-refractivity contribution in [3.05, 3.63) is 29.8 Å². The highest BCUT2D eigenvalue weighted by atomic mass is 32.1. The lowest BCUT2D eigenvalue weighted by Gasteiger charge is -2.03. The number of hydrogen-bond acceptors (Lipinski definition) is 3. The zero-order chi connectivity index (χ0) is 10.6.